The Morgan fingerprint density at radius 3 is 2.44 bits per heavy atom. The maximum Gasteiger partial charge on any atom is 0.330 e. The lowest BCUT2D eigenvalue weighted by Gasteiger charge is -2.46. The highest BCUT2D eigenvalue weighted by Crippen LogP contribution is 2.25. The van der Waals surface area contributed by atoms with Crippen molar-refractivity contribution < 1.29 is 5.11 Å². The van der Waals surface area contributed by atoms with Gasteiger partial charge in [-0.3, -0.25) is 18.8 Å². The molecule has 2 rings (SSSR count). The normalized spacial score (nSPS) is 18.7. The molecule has 1 fully saturated rings. The Morgan fingerprint density at radius 2 is 1.89 bits per heavy atom. The molecule has 100 valence electrons. The van der Waals surface area contributed by atoms with Crippen LogP contribution in [-0.4, -0.2) is 37.8 Å². The zero-order valence-electron chi connectivity index (χ0n) is 11.0. The smallest absolute Gasteiger partial charge is 0.330 e. The number of hydrogen-bond donors (Lipinski definition) is 1. The SMILES string of the molecule is CCC1(O)CN(Cc2cc(=O)n(C)c(=O)n2C)C1. The molecule has 0 bridgehead atoms. The molecule has 1 N–H and O–H groups in total. The summed E-state index contributed by atoms with van der Waals surface area (Å²) in [7, 11) is 3.12. The van der Waals surface area contributed by atoms with Crippen LogP contribution in [0.3, 0.4) is 0 Å². The number of likely N-dealkylation sites (tertiary alicyclic amines) is 1. The Balaban J connectivity index is 2.18. The summed E-state index contributed by atoms with van der Waals surface area (Å²) in [6.45, 7) is 3.65. The van der Waals surface area contributed by atoms with Gasteiger partial charge in [-0.25, -0.2) is 4.79 Å². The zero-order chi connectivity index (χ0) is 13.5. The van der Waals surface area contributed by atoms with Gasteiger partial charge in [-0.05, 0) is 6.42 Å². The molecular weight excluding hydrogens is 234 g/mol. The molecule has 6 heteroatoms. The summed E-state index contributed by atoms with van der Waals surface area (Å²) in [5.74, 6) is 0. The zero-order valence-corrected chi connectivity index (χ0v) is 11.0. The molecule has 1 aliphatic heterocycles. The van der Waals surface area contributed by atoms with Crippen molar-refractivity contribution >= 4 is 0 Å². The maximum absolute atomic E-state index is 11.7. The van der Waals surface area contributed by atoms with E-state index >= 15 is 0 Å². The topological polar surface area (TPSA) is 67.5 Å². The average Bonchev–Trinajstić information content (AvgIpc) is 2.31. The highest BCUT2D eigenvalue weighted by Gasteiger charge is 2.39. The van der Waals surface area contributed by atoms with Crippen LogP contribution >= 0.6 is 0 Å². The van der Waals surface area contributed by atoms with Crippen molar-refractivity contribution in [1.29, 1.82) is 0 Å². The summed E-state index contributed by atoms with van der Waals surface area (Å²) >= 11 is 0. The van der Waals surface area contributed by atoms with Gasteiger partial charge in [0.05, 0.1) is 5.60 Å². The third-order valence-corrected chi connectivity index (χ3v) is 3.70. The fourth-order valence-corrected chi connectivity index (χ4v) is 2.28. The number of aliphatic hydroxyl groups is 1. The van der Waals surface area contributed by atoms with Gasteiger partial charge >= 0.3 is 5.69 Å². The molecule has 1 aliphatic rings. The minimum atomic E-state index is -0.599. The first kappa shape index (κ1) is 13.0. The van der Waals surface area contributed by atoms with E-state index < -0.39 is 5.60 Å². The number of β-amino-alcohol motifs (C(OH)–C–C–N with tert-alkyl or cyclic N) is 1. The van der Waals surface area contributed by atoms with E-state index in [1.807, 2.05) is 11.8 Å². The van der Waals surface area contributed by atoms with E-state index in [2.05, 4.69) is 0 Å². The molecular formula is C12H19N3O3. The van der Waals surface area contributed by atoms with Gasteiger partial charge < -0.3 is 5.11 Å². The second-order valence-electron chi connectivity index (χ2n) is 5.10. The summed E-state index contributed by atoms with van der Waals surface area (Å²) in [5.41, 5.74) is -0.525. The van der Waals surface area contributed by atoms with E-state index in [9.17, 15) is 14.7 Å². The van der Waals surface area contributed by atoms with Crippen molar-refractivity contribution in [3.05, 3.63) is 32.6 Å². The van der Waals surface area contributed by atoms with Gasteiger partial charge in [0.1, 0.15) is 0 Å². The lowest BCUT2D eigenvalue weighted by molar-refractivity contribution is -0.104. The predicted octanol–water partition coefficient (Wildman–Crippen LogP) is -0.959. The van der Waals surface area contributed by atoms with Crippen LogP contribution in [-0.2, 0) is 20.6 Å². The molecule has 0 aromatic carbocycles. The van der Waals surface area contributed by atoms with E-state index in [1.54, 1.807) is 7.05 Å². The van der Waals surface area contributed by atoms with Crippen molar-refractivity contribution in [3.63, 3.8) is 0 Å². The standard InChI is InChI=1S/C12H19N3O3/c1-4-12(18)7-15(8-12)6-9-5-10(16)14(3)11(17)13(9)2/h5,18H,4,6-8H2,1-3H3. The van der Waals surface area contributed by atoms with Crippen LogP contribution in [0, 0.1) is 0 Å². The van der Waals surface area contributed by atoms with Crippen molar-refractivity contribution in [1.82, 2.24) is 14.0 Å². The first-order valence-corrected chi connectivity index (χ1v) is 6.07. The summed E-state index contributed by atoms with van der Waals surface area (Å²) in [6.07, 6.45) is 0.721. The van der Waals surface area contributed by atoms with Crippen LogP contribution in [0.1, 0.15) is 19.0 Å². The predicted molar refractivity (Wildman–Crippen MR) is 67.4 cm³/mol. The fraction of sp³-hybridized carbons (Fsp3) is 0.667. The summed E-state index contributed by atoms with van der Waals surface area (Å²) in [4.78, 5) is 25.3. The van der Waals surface area contributed by atoms with Crippen LogP contribution in [0.2, 0.25) is 0 Å². The van der Waals surface area contributed by atoms with Gasteiger partial charge in [0.15, 0.2) is 0 Å². The Hall–Kier alpha value is -1.40. The fourth-order valence-electron chi connectivity index (χ4n) is 2.28. The van der Waals surface area contributed by atoms with E-state index in [4.69, 9.17) is 0 Å². The Morgan fingerprint density at radius 1 is 1.28 bits per heavy atom. The van der Waals surface area contributed by atoms with Crippen LogP contribution in [0.5, 0.6) is 0 Å². The van der Waals surface area contributed by atoms with Crippen LogP contribution in [0.25, 0.3) is 0 Å². The highest BCUT2D eigenvalue weighted by atomic mass is 16.3. The van der Waals surface area contributed by atoms with E-state index in [0.717, 1.165) is 11.0 Å². The third kappa shape index (κ3) is 2.13. The minimum Gasteiger partial charge on any atom is -0.387 e. The molecule has 0 atom stereocenters. The molecule has 1 aromatic rings. The number of nitrogens with zero attached hydrogens (tertiary/aromatic N) is 3. The van der Waals surface area contributed by atoms with Crippen molar-refractivity contribution in [2.24, 2.45) is 14.1 Å². The second kappa shape index (κ2) is 4.37. The largest absolute Gasteiger partial charge is 0.387 e. The Kier molecular flexibility index (Phi) is 3.16. The van der Waals surface area contributed by atoms with Gasteiger partial charge in [-0.15, -0.1) is 0 Å². The monoisotopic (exact) mass is 253 g/mol. The Bertz CT molecular complexity index is 567. The number of hydrogen-bond acceptors (Lipinski definition) is 4. The van der Waals surface area contributed by atoms with E-state index in [-0.39, 0.29) is 11.2 Å². The van der Waals surface area contributed by atoms with Crippen LogP contribution in [0.15, 0.2) is 15.7 Å². The molecule has 1 saturated heterocycles. The van der Waals surface area contributed by atoms with Gasteiger partial charge in [-0.2, -0.15) is 0 Å². The Labute approximate surface area is 105 Å². The average molecular weight is 253 g/mol. The third-order valence-electron chi connectivity index (χ3n) is 3.70. The first-order valence-electron chi connectivity index (χ1n) is 6.07. The van der Waals surface area contributed by atoms with Crippen molar-refractivity contribution in [2.75, 3.05) is 13.1 Å². The maximum atomic E-state index is 11.7. The molecule has 0 spiro atoms. The van der Waals surface area contributed by atoms with E-state index in [1.165, 1.54) is 17.7 Å². The second-order valence-corrected chi connectivity index (χ2v) is 5.10. The summed E-state index contributed by atoms with van der Waals surface area (Å²) in [6, 6.07) is 1.48. The molecule has 18 heavy (non-hydrogen) atoms. The molecule has 0 radical (unpaired) electrons. The van der Waals surface area contributed by atoms with Gasteiger partial charge in [0, 0.05) is 45.5 Å². The first-order chi connectivity index (χ1) is 8.36. The molecule has 6 nitrogen and oxygen atoms in total. The van der Waals surface area contributed by atoms with Crippen LogP contribution in [0.4, 0.5) is 0 Å². The van der Waals surface area contributed by atoms with Gasteiger partial charge in [-0.1, -0.05) is 6.92 Å². The number of aromatic nitrogens is 2. The van der Waals surface area contributed by atoms with Gasteiger partial charge in [0.2, 0.25) is 0 Å². The minimum absolute atomic E-state index is 0.292. The lowest BCUT2D eigenvalue weighted by atomic mass is 9.91. The quantitative estimate of drug-likeness (QED) is 0.753. The highest BCUT2D eigenvalue weighted by molar-refractivity contribution is 5.05. The van der Waals surface area contributed by atoms with Crippen molar-refractivity contribution in [2.45, 2.75) is 25.5 Å². The van der Waals surface area contributed by atoms with Crippen LogP contribution < -0.4 is 11.2 Å². The molecule has 0 amide bonds. The molecule has 0 saturated carbocycles. The molecule has 0 aliphatic carbocycles. The van der Waals surface area contributed by atoms with E-state index in [0.29, 0.717) is 25.3 Å². The molecule has 2 heterocycles. The molecule has 1 aromatic heterocycles. The number of rotatable bonds is 3. The van der Waals surface area contributed by atoms with Crippen molar-refractivity contribution in [3.8, 4) is 0 Å². The lowest BCUT2D eigenvalue weighted by Crippen LogP contribution is -2.61. The summed E-state index contributed by atoms with van der Waals surface area (Å²) < 4.78 is 2.56. The summed E-state index contributed by atoms with van der Waals surface area (Å²) in [5, 5.41) is 9.91. The molecule has 0 unspecified atom stereocenters. The van der Waals surface area contributed by atoms with Gasteiger partial charge in [0.25, 0.3) is 5.56 Å².